The Kier molecular flexibility index (Phi) is 5.81. The average Bonchev–Trinajstić information content (AvgIpc) is 2.75. The third kappa shape index (κ3) is 3.92. The highest BCUT2D eigenvalue weighted by Gasteiger charge is 2.44. The summed E-state index contributed by atoms with van der Waals surface area (Å²) in [5, 5.41) is 20.9. The highest BCUT2D eigenvalue weighted by atomic mass is 35.5. The first-order chi connectivity index (χ1) is 15.6. The van der Waals surface area contributed by atoms with Gasteiger partial charge in [0.2, 0.25) is 0 Å². The van der Waals surface area contributed by atoms with Crippen LogP contribution < -0.4 is 15.4 Å². The number of anilines is 1. The van der Waals surface area contributed by atoms with Gasteiger partial charge in [-0.15, -0.1) is 0 Å². The fourth-order valence-corrected chi connectivity index (χ4v) is 4.93. The molecule has 2 aromatic rings. The van der Waals surface area contributed by atoms with Gasteiger partial charge < -0.3 is 15.6 Å². The largest absolute Gasteiger partial charge is 0.504 e. The summed E-state index contributed by atoms with van der Waals surface area (Å²) in [6.45, 7) is 4.06. The molecule has 0 fully saturated rings. The quantitative estimate of drug-likeness (QED) is 0.584. The normalized spacial score (nSPS) is 19.9. The summed E-state index contributed by atoms with van der Waals surface area (Å²) >= 11 is 12.4. The summed E-state index contributed by atoms with van der Waals surface area (Å²) in [7, 11) is 1.44. The first kappa shape index (κ1) is 23.0. The number of carbonyl (C=O) groups excluding carboxylic acids is 1. The van der Waals surface area contributed by atoms with Crippen LogP contribution in [0.25, 0.3) is 0 Å². The number of rotatable bonds is 3. The van der Waals surface area contributed by atoms with Gasteiger partial charge in [0.25, 0.3) is 0 Å². The van der Waals surface area contributed by atoms with Crippen molar-refractivity contribution >= 4 is 34.7 Å². The molecule has 6 nitrogen and oxygen atoms in total. The SMILES string of the molecule is COc1cc(C2C(C#N)=C(N)N(c3ccc(Cl)c(Cl)c3)C3=C2C(=O)CC(C)(C)C3)ccc1O. The number of ketones is 1. The first-order valence-corrected chi connectivity index (χ1v) is 11.1. The smallest absolute Gasteiger partial charge is 0.162 e. The number of methoxy groups -OCH3 is 1. The van der Waals surface area contributed by atoms with Crippen molar-refractivity contribution in [1.29, 1.82) is 5.26 Å². The van der Waals surface area contributed by atoms with Crippen molar-refractivity contribution in [2.24, 2.45) is 11.1 Å². The van der Waals surface area contributed by atoms with Gasteiger partial charge in [-0.25, -0.2) is 0 Å². The highest BCUT2D eigenvalue weighted by Crippen LogP contribution is 2.51. The van der Waals surface area contributed by atoms with E-state index in [9.17, 15) is 15.2 Å². The number of allylic oxidation sites excluding steroid dienone is 3. The van der Waals surface area contributed by atoms with Crippen molar-refractivity contribution in [1.82, 2.24) is 0 Å². The lowest BCUT2D eigenvalue weighted by molar-refractivity contribution is -0.118. The molecule has 33 heavy (non-hydrogen) atoms. The van der Waals surface area contributed by atoms with Gasteiger partial charge in [-0.1, -0.05) is 43.1 Å². The van der Waals surface area contributed by atoms with E-state index in [-0.39, 0.29) is 34.1 Å². The summed E-state index contributed by atoms with van der Waals surface area (Å²) in [4.78, 5) is 15.3. The van der Waals surface area contributed by atoms with Gasteiger partial charge in [0, 0.05) is 23.4 Å². The number of phenols is 1. The zero-order valence-electron chi connectivity index (χ0n) is 18.4. The molecule has 1 heterocycles. The van der Waals surface area contributed by atoms with Crippen molar-refractivity contribution in [3.8, 4) is 17.6 Å². The molecule has 1 atom stereocenters. The van der Waals surface area contributed by atoms with Crippen LogP contribution in [0, 0.1) is 16.7 Å². The predicted molar refractivity (Wildman–Crippen MR) is 128 cm³/mol. The van der Waals surface area contributed by atoms with E-state index in [1.165, 1.54) is 13.2 Å². The fourth-order valence-electron chi connectivity index (χ4n) is 4.63. The molecule has 0 saturated carbocycles. The summed E-state index contributed by atoms with van der Waals surface area (Å²) in [5.74, 6) is -0.292. The minimum Gasteiger partial charge on any atom is -0.504 e. The Bertz CT molecular complexity index is 1270. The van der Waals surface area contributed by atoms with Crippen LogP contribution in [0.3, 0.4) is 0 Å². The summed E-state index contributed by atoms with van der Waals surface area (Å²) in [6.07, 6.45) is 0.908. The van der Waals surface area contributed by atoms with Gasteiger partial charge in [-0.05, 0) is 47.7 Å². The third-order valence-electron chi connectivity index (χ3n) is 6.08. The number of aromatic hydroxyl groups is 1. The number of hydrogen-bond acceptors (Lipinski definition) is 6. The molecule has 170 valence electrons. The van der Waals surface area contributed by atoms with Crippen molar-refractivity contribution in [3.05, 3.63) is 74.7 Å². The number of nitriles is 1. The second-order valence-corrected chi connectivity index (χ2v) is 9.82. The van der Waals surface area contributed by atoms with Crippen molar-refractivity contribution < 1.29 is 14.6 Å². The van der Waals surface area contributed by atoms with Crippen LogP contribution in [0.15, 0.2) is 59.1 Å². The maximum atomic E-state index is 13.5. The minimum absolute atomic E-state index is 0.0322. The zero-order chi connectivity index (χ0) is 24.1. The Balaban J connectivity index is 2.01. The number of benzene rings is 2. The molecule has 0 radical (unpaired) electrons. The predicted octanol–water partition coefficient (Wildman–Crippen LogP) is 5.65. The van der Waals surface area contributed by atoms with Crippen LogP contribution >= 0.6 is 23.2 Å². The van der Waals surface area contributed by atoms with Crippen LogP contribution in [0.4, 0.5) is 5.69 Å². The molecule has 8 heteroatoms. The molecule has 2 aliphatic rings. The second-order valence-electron chi connectivity index (χ2n) is 9.01. The number of Topliss-reactive ketones (excluding diaryl/α,β-unsaturated/α-hetero) is 1. The van der Waals surface area contributed by atoms with E-state index >= 15 is 0 Å². The molecule has 1 aliphatic heterocycles. The van der Waals surface area contributed by atoms with Gasteiger partial charge in [-0.2, -0.15) is 5.26 Å². The lowest BCUT2D eigenvalue weighted by atomic mass is 9.68. The monoisotopic (exact) mass is 483 g/mol. The fraction of sp³-hybridized carbons (Fsp3) is 0.280. The molecule has 1 aliphatic carbocycles. The summed E-state index contributed by atoms with van der Waals surface area (Å²) in [5.41, 5.74) is 9.04. The van der Waals surface area contributed by atoms with E-state index in [0.717, 1.165) is 5.70 Å². The van der Waals surface area contributed by atoms with E-state index in [4.69, 9.17) is 33.7 Å². The standard InChI is InChI=1S/C25H23Cl2N3O3/c1-25(2)10-18-23(20(32)11-25)22(13-4-7-19(31)21(8-13)33-3)15(12-28)24(29)30(18)14-5-6-16(26)17(27)9-14/h4-9,22,31H,10-11,29H2,1-3H3. The lowest BCUT2D eigenvalue weighted by Gasteiger charge is -2.43. The van der Waals surface area contributed by atoms with Gasteiger partial charge in [0.05, 0.1) is 34.7 Å². The number of ether oxygens (including phenoxy) is 1. The number of hydrogen-bond donors (Lipinski definition) is 2. The van der Waals surface area contributed by atoms with E-state index in [0.29, 0.717) is 39.7 Å². The van der Waals surface area contributed by atoms with Gasteiger partial charge in [-0.3, -0.25) is 9.69 Å². The Labute approximate surface area is 202 Å². The first-order valence-electron chi connectivity index (χ1n) is 10.4. The molecule has 0 aromatic heterocycles. The van der Waals surface area contributed by atoms with Crippen molar-refractivity contribution in [2.45, 2.75) is 32.6 Å². The molecule has 0 amide bonds. The molecule has 4 rings (SSSR count). The maximum Gasteiger partial charge on any atom is 0.162 e. The van der Waals surface area contributed by atoms with Gasteiger partial charge >= 0.3 is 0 Å². The summed E-state index contributed by atoms with van der Waals surface area (Å²) < 4.78 is 5.26. The third-order valence-corrected chi connectivity index (χ3v) is 6.82. The van der Waals surface area contributed by atoms with Crippen LogP contribution in [0.1, 0.15) is 38.2 Å². The van der Waals surface area contributed by atoms with Crippen LogP contribution in [-0.2, 0) is 4.79 Å². The van der Waals surface area contributed by atoms with E-state index in [1.54, 1.807) is 35.2 Å². The van der Waals surface area contributed by atoms with Gasteiger partial charge in [0.1, 0.15) is 5.82 Å². The van der Waals surface area contributed by atoms with E-state index in [2.05, 4.69) is 6.07 Å². The molecule has 0 spiro atoms. The molecule has 1 unspecified atom stereocenters. The Hall–Kier alpha value is -3.14. The van der Waals surface area contributed by atoms with Crippen LogP contribution in [-0.4, -0.2) is 18.0 Å². The number of nitrogens with zero attached hydrogens (tertiary/aromatic N) is 2. The van der Waals surface area contributed by atoms with E-state index in [1.807, 2.05) is 13.8 Å². The molecular weight excluding hydrogens is 461 g/mol. The minimum atomic E-state index is -0.679. The Morgan fingerprint density at radius 3 is 2.55 bits per heavy atom. The molecule has 0 bridgehead atoms. The van der Waals surface area contributed by atoms with Crippen molar-refractivity contribution in [3.63, 3.8) is 0 Å². The molecule has 0 saturated heterocycles. The number of halogens is 2. The maximum absolute atomic E-state index is 13.5. The Morgan fingerprint density at radius 2 is 1.91 bits per heavy atom. The van der Waals surface area contributed by atoms with E-state index < -0.39 is 5.92 Å². The summed E-state index contributed by atoms with van der Waals surface area (Å²) in [6, 6.07) is 12.1. The average molecular weight is 484 g/mol. The number of phenolic OH excluding ortho intramolecular Hbond substituents is 1. The zero-order valence-corrected chi connectivity index (χ0v) is 20.0. The van der Waals surface area contributed by atoms with Gasteiger partial charge in [0.15, 0.2) is 17.3 Å². The number of carbonyl (C=O) groups is 1. The van der Waals surface area contributed by atoms with Crippen LogP contribution in [0.2, 0.25) is 10.0 Å². The number of nitrogens with two attached hydrogens (primary N) is 1. The molecule has 2 aromatic carbocycles. The topological polar surface area (TPSA) is 99.6 Å². The second kappa shape index (κ2) is 8.33. The Morgan fingerprint density at radius 1 is 1.18 bits per heavy atom. The molecule has 3 N–H and O–H groups in total. The molecular formula is C25H23Cl2N3O3. The lowest BCUT2D eigenvalue weighted by Crippen LogP contribution is -2.42. The van der Waals surface area contributed by atoms with Crippen LogP contribution in [0.5, 0.6) is 11.5 Å². The van der Waals surface area contributed by atoms with Crippen molar-refractivity contribution in [2.75, 3.05) is 12.0 Å². The highest BCUT2D eigenvalue weighted by molar-refractivity contribution is 6.42.